The van der Waals surface area contributed by atoms with Crippen molar-refractivity contribution in [1.82, 2.24) is 4.90 Å². The lowest BCUT2D eigenvalue weighted by Crippen LogP contribution is -2.31. The van der Waals surface area contributed by atoms with Crippen molar-refractivity contribution in [3.63, 3.8) is 0 Å². The fourth-order valence-corrected chi connectivity index (χ4v) is 4.80. The van der Waals surface area contributed by atoms with Gasteiger partial charge in [-0.1, -0.05) is 29.3 Å². The Labute approximate surface area is 226 Å². The smallest absolute Gasteiger partial charge is 0.295 e. The molecule has 0 aliphatic carbocycles. The molecule has 0 spiro atoms. The van der Waals surface area contributed by atoms with Gasteiger partial charge < -0.3 is 29.0 Å². The molecule has 0 aromatic heterocycles. The number of amides is 1. The quantitative estimate of drug-likeness (QED) is 0.167. The third kappa shape index (κ3) is 6.14. The van der Waals surface area contributed by atoms with Gasteiger partial charge in [0.05, 0.1) is 49.1 Å². The molecule has 1 N–H and O–H groups in total. The zero-order valence-corrected chi connectivity index (χ0v) is 23.0. The van der Waals surface area contributed by atoms with Crippen LogP contribution < -0.4 is 14.2 Å². The number of methoxy groups -OCH3 is 2. The van der Waals surface area contributed by atoms with Crippen molar-refractivity contribution in [2.24, 2.45) is 0 Å². The predicted molar refractivity (Wildman–Crippen MR) is 142 cm³/mol. The molecule has 3 rings (SSSR count). The van der Waals surface area contributed by atoms with Crippen LogP contribution in [0.2, 0.25) is 10.0 Å². The largest absolute Gasteiger partial charge is 0.507 e. The van der Waals surface area contributed by atoms with Crippen LogP contribution in [0.4, 0.5) is 0 Å². The normalized spacial score (nSPS) is 17.0. The van der Waals surface area contributed by atoms with Crippen LogP contribution in [0.5, 0.6) is 17.2 Å². The van der Waals surface area contributed by atoms with Gasteiger partial charge in [-0.2, -0.15) is 0 Å². The number of rotatable bonds is 11. The van der Waals surface area contributed by atoms with Gasteiger partial charge in [-0.25, -0.2) is 0 Å². The lowest BCUT2D eigenvalue weighted by atomic mass is 9.94. The molecular weight excluding hydrogens is 521 g/mol. The molecule has 1 saturated heterocycles. The number of likely N-dealkylation sites (tertiary alicyclic amines) is 1. The first-order valence-corrected chi connectivity index (χ1v) is 12.6. The molecule has 1 fully saturated rings. The van der Waals surface area contributed by atoms with Gasteiger partial charge in [0.2, 0.25) is 0 Å². The molecular formula is C27H31Cl2NO7. The first-order valence-electron chi connectivity index (χ1n) is 11.9. The molecule has 8 nitrogen and oxygen atoms in total. The summed E-state index contributed by atoms with van der Waals surface area (Å²) in [5.41, 5.74) is 0.547. The molecule has 0 saturated carbocycles. The fourth-order valence-electron chi connectivity index (χ4n) is 4.23. The summed E-state index contributed by atoms with van der Waals surface area (Å²) in [6, 6.07) is 7.10. The van der Waals surface area contributed by atoms with Crippen molar-refractivity contribution in [2.45, 2.75) is 39.3 Å². The Morgan fingerprint density at radius 2 is 1.81 bits per heavy atom. The third-order valence-corrected chi connectivity index (χ3v) is 6.30. The van der Waals surface area contributed by atoms with Crippen molar-refractivity contribution in [3.8, 4) is 17.2 Å². The Hall–Kier alpha value is -2.94. The number of benzene rings is 2. The third-order valence-electron chi connectivity index (χ3n) is 5.81. The van der Waals surface area contributed by atoms with Crippen LogP contribution in [-0.2, 0) is 14.3 Å². The van der Waals surface area contributed by atoms with Crippen LogP contribution >= 0.6 is 23.2 Å². The van der Waals surface area contributed by atoms with Crippen LogP contribution in [0.1, 0.15) is 44.4 Å². The molecule has 1 aliphatic rings. The van der Waals surface area contributed by atoms with Crippen LogP contribution in [0.3, 0.4) is 0 Å². The number of carbonyl (C=O) groups excluding carboxylic acids is 2. The maximum Gasteiger partial charge on any atom is 0.295 e. The van der Waals surface area contributed by atoms with E-state index in [9.17, 15) is 14.7 Å². The number of Topliss-reactive ketones (excluding diaryl/α,β-unsaturated/α-hetero) is 1. The highest BCUT2D eigenvalue weighted by atomic mass is 35.5. The molecule has 1 atom stereocenters. The molecule has 0 radical (unpaired) electrons. The van der Waals surface area contributed by atoms with Crippen molar-refractivity contribution in [3.05, 3.63) is 57.1 Å². The number of aliphatic hydroxyl groups excluding tert-OH is 1. The number of hydrogen-bond donors (Lipinski definition) is 1. The van der Waals surface area contributed by atoms with Gasteiger partial charge in [-0.05, 0) is 57.0 Å². The minimum absolute atomic E-state index is 0.0293. The molecule has 10 heteroatoms. The van der Waals surface area contributed by atoms with Gasteiger partial charge in [0, 0.05) is 18.2 Å². The van der Waals surface area contributed by atoms with E-state index in [-0.39, 0.29) is 39.6 Å². The Morgan fingerprint density at radius 3 is 2.43 bits per heavy atom. The average molecular weight is 552 g/mol. The summed E-state index contributed by atoms with van der Waals surface area (Å²) in [5, 5.41) is 11.8. The number of nitrogens with zero attached hydrogens (tertiary/aromatic N) is 1. The highest BCUT2D eigenvalue weighted by Gasteiger charge is 2.46. The van der Waals surface area contributed by atoms with Gasteiger partial charge in [0.15, 0.2) is 11.5 Å². The number of hydrogen-bond acceptors (Lipinski definition) is 7. The molecule has 1 heterocycles. The summed E-state index contributed by atoms with van der Waals surface area (Å²) in [6.45, 7) is 6.68. The summed E-state index contributed by atoms with van der Waals surface area (Å²) >= 11 is 12.5. The fraction of sp³-hybridized carbons (Fsp3) is 0.407. The molecule has 37 heavy (non-hydrogen) atoms. The van der Waals surface area contributed by atoms with Gasteiger partial charge in [-0.15, -0.1) is 0 Å². The summed E-state index contributed by atoms with van der Waals surface area (Å²) in [4.78, 5) is 28.0. The first kappa shape index (κ1) is 28.6. The van der Waals surface area contributed by atoms with E-state index in [1.54, 1.807) is 18.2 Å². The Bertz CT molecular complexity index is 1200. The highest BCUT2D eigenvalue weighted by molar-refractivity contribution is 6.46. The molecule has 2 aromatic carbocycles. The lowest BCUT2D eigenvalue weighted by Gasteiger charge is -2.26. The lowest BCUT2D eigenvalue weighted by molar-refractivity contribution is -0.140. The van der Waals surface area contributed by atoms with E-state index in [1.807, 2.05) is 20.8 Å². The number of ketones is 1. The van der Waals surface area contributed by atoms with Gasteiger partial charge in [0.1, 0.15) is 11.5 Å². The van der Waals surface area contributed by atoms with E-state index in [2.05, 4.69) is 0 Å². The topological polar surface area (TPSA) is 94.5 Å². The minimum atomic E-state index is -0.911. The standard InChI is InChI=1S/C27H31Cl2NO7/c1-6-36-21-12-16(8-9-20(21)34-4)23-22(24(31)18-13-17(28)14-19(29)26(18)35-5)25(32)27(33)30(23)10-7-11-37-15(2)3/h8-9,12-15,23,31H,6-7,10-11H2,1-5H3/b24-22+. The average Bonchev–Trinajstić information content (AvgIpc) is 3.10. The van der Waals surface area contributed by atoms with Gasteiger partial charge >= 0.3 is 0 Å². The number of halogens is 2. The van der Waals surface area contributed by atoms with E-state index in [0.29, 0.717) is 36.7 Å². The van der Waals surface area contributed by atoms with Crippen LogP contribution in [0, 0.1) is 0 Å². The van der Waals surface area contributed by atoms with E-state index in [1.165, 1.54) is 31.3 Å². The second-order valence-electron chi connectivity index (χ2n) is 8.58. The zero-order chi connectivity index (χ0) is 27.3. The second-order valence-corrected chi connectivity index (χ2v) is 9.42. The first-order chi connectivity index (χ1) is 17.6. The van der Waals surface area contributed by atoms with Crippen LogP contribution in [0.15, 0.2) is 35.9 Å². The second kappa shape index (κ2) is 12.5. The summed E-state index contributed by atoms with van der Waals surface area (Å²) in [6.07, 6.45) is 0.518. The summed E-state index contributed by atoms with van der Waals surface area (Å²) in [5.74, 6) is -0.949. The molecule has 1 aliphatic heterocycles. The Balaban J connectivity index is 2.20. The van der Waals surface area contributed by atoms with E-state index in [0.717, 1.165) is 0 Å². The number of aliphatic hydroxyl groups is 1. The molecule has 2 aromatic rings. The van der Waals surface area contributed by atoms with E-state index in [4.69, 9.17) is 42.1 Å². The van der Waals surface area contributed by atoms with Crippen LogP contribution in [0.25, 0.3) is 5.76 Å². The van der Waals surface area contributed by atoms with Crippen LogP contribution in [-0.4, -0.2) is 61.8 Å². The molecule has 1 unspecified atom stereocenters. The van der Waals surface area contributed by atoms with Gasteiger partial charge in [0.25, 0.3) is 11.7 Å². The maximum absolute atomic E-state index is 13.4. The predicted octanol–water partition coefficient (Wildman–Crippen LogP) is 5.65. The highest BCUT2D eigenvalue weighted by Crippen LogP contribution is 2.44. The minimum Gasteiger partial charge on any atom is -0.507 e. The monoisotopic (exact) mass is 551 g/mol. The van der Waals surface area contributed by atoms with Crippen molar-refractivity contribution in [2.75, 3.05) is 34.0 Å². The van der Waals surface area contributed by atoms with Gasteiger partial charge in [-0.3, -0.25) is 9.59 Å². The molecule has 1 amide bonds. The molecule has 0 bridgehead atoms. The summed E-state index contributed by atoms with van der Waals surface area (Å²) in [7, 11) is 2.90. The molecule has 200 valence electrons. The number of ether oxygens (including phenoxy) is 4. The van der Waals surface area contributed by atoms with Crippen molar-refractivity contribution >= 4 is 40.7 Å². The Kier molecular flexibility index (Phi) is 9.70. The summed E-state index contributed by atoms with van der Waals surface area (Å²) < 4.78 is 22.1. The Morgan fingerprint density at radius 1 is 1.08 bits per heavy atom. The van der Waals surface area contributed by atoms with E-state index < -0.39 is 23.5 Å². The van der Waals surface area contributed by atoms with E-state index >= 15 is 0 Å². The van der Waals surface area contributed by atoms with Crippen molar-refractivity contribution in [1.29, 1.82) is 0 Å². The number of carbonyl (C=O) groups is 2. The zero-order valence-electron chi connectivity index (χ0n) is 21.5. The van der Waals surface area contributed by atoms with Crippen molar-refractivity contribution < 1.29 is 33.6 Å². The maximum atomic E-state index is 13.4. The SMILES string of the molecule is CCOc1cc(C2/C(=C(\O)c3cc(Cl)cc(Cl)c3OC)C(=O)C(=O)N2CCCOC(C)C)ccc1OC.